The van der Waals surface area contributed by atoms with E-state index in [1.54, 1.807) is 0 Å². The molecule has 20 heavy (non-hydrogen) atoms. The molecule has 2 saturated heterocycles. The van der Waals surface area contributed by atoms with Gasteiger partial charge in [0.05, 0.1) is 0 Å². The zero-order chi connectivity index (χ0) is 13.8. The number of nitrogens with one attached hydrogen (secondary N) is 1. The van der Waals surface area contributed by atoms with Crippen LogP contribution in [0.2, 0.25) is 0 Å². The SMILES string of the molecule is O=C(CCCc1ccccc1)N1CC2CCCNC2C1. The van der Waals surface area contributed by atoms with Crippen LogP contribution < -0.4 is 5.32 Å². The Morgan fingerprint density at radius 3 is 2.90 bits per heavy atom. The Balaban J connectivity index is 1.43. The van der Waals surface area contributed by atoms with Crippen LogP contribution in [0.3, 0.4) is 0 Å². The third-order valence-corrected chi connectivity index (χ3v) is 4.65. The summed E-state index contributed by atoms with van der Waals surface area (Å²) in [5.74, 6) is 1.04. The minimum absolute atomic E-state index is 0.345. The molecule has 2 unspecified atom stereocenters. The Labute approximate surface area is 121 Å². The standard InChI is InChI=1S/C17H24N2O/c20-17(10-4-8-14-6-2-1-3-7-14)19-12-15-9-5-11-18-16(15)13-19/h1-3,6-7,15-16,18H,4-5,8-13H2. The van der Waals surface area contributed by atoms with E-state index in [4.69, 9.17) is 0 Å². The number of piperidine rings is 1. The molecule has 3 nitrogen and oxygen atoms in total. The molecular formula is C17H24N2O. The molecule has 0 aliphatic carbocycles. The highest BCUT2D eigenvalue weighted by Gasteiger charge is 2.35. The number of rotatable bonds is 4. The van der Waals surface area contributed by atoms with Gasteiger partial charge in [-0.25, -0.2) is 0 Å². The van der Waals surface area contributed by atoms with Gasteiger partial charge in [0.2, 0.25) is 5.91 Å². The monoisotopic (exact) mass is 272 g/mol. The molecular weight excluding hydrogens is 248 g/mol. The summed E-state index contributed by atoms with van der Waals surface area (Å²) in [7, 11) is 0. The number of benzene rings is 1. The summed E-state index contributed by atoms with van der Waals surface area (Å²) >= 11 is 0. The van der Waals surface area contributed by atoms with Gasteiger partial charge >= 0.3 is 0 Å². The molecule has 2 aliphatic heterocycles. The van der Waals surface area contributed by atoms with E-state index in [0.717, 1.165) is 32.5 Å². The molecule has 2 aliphatic rings. The van der Waals surface area contributed by atoms with E-state index in [1.165, 1.54) is 18.4 Å². The Hall–Kier alpha value is -1.35. The largest absolute Gasteiger partial charge is 0.341 e. The van der Waals surface area contributed by atoms with Crippen molar-refractivity contribution in [3.05, 3.63) is 35.9 Å². The second-order valence-corrected chi connectivity index (χ2v) is 6.10. The Morgan fingerprint density at radius 2 is 2.10 bits per heavy atom. The van der Waals surface area contributed by atoms with Crippen LogP contribution in [-0.4, -0.2) is 36.5 Å². The van der Waals surface area contributed by atoms with Gasteiger partial charge in [-0.3, -0.25) is 4.79 Å². The van der Waals surface area contributed by atoms with Crippen LogP contribution >= 0.6 is 0 Å². The fourth-order valence-electron chi connectivity index (χ4n) is 3.50. The lowest BCUT2D eigenvalue weighted by atomic mass is 9.94. The minimum atomic E-state index is 0.345. The van der Waals surface area contributed by atoms with Gasteiger partial charge in [-0.05, 0) is 43.7 Å². The maximum absolute atomic E-state index is 12.3. The Morgan fingerprint density at radius 1 is 1.25 bits per heavy atom. The van der Waals surface area contributed by atoms with Crippen molar-refractivity contribution in [2.75, 3.05) is 19.6 Å². The zero-order valence-electron chi connectivity index (χ0n) is 12.1. The van der Waals surface area contributed by atoms with Crippen molar-refractivity contribution in [3.8, 4) is 0 Å². The normalized spacial score (nSPS) is 25.5. The van der Waals surface area contributed by atoms with Crippen molar-refractivity contribution in [3.63, 3.8) is 0 Å². The maximum Gasteiger partial charge on any atom is 0.222 e. The molecule has 0 saturated carbocycles. The van der Waals surface area contributed by atoms with Crippen molar-refractivity contribution < 1.29 is 4.79 Å². The summed E-state index contributed by atoms with van der Waals surface area (Å²) in [4.78, 5) is 14.4. The molecule has 2 heterocycles. The van der Waals surface area contributed by atoms with E-state index in [2.05, 4.69) is 34.5 Å². The van der Waals surface area contributed by atoms with Gasteiger partial charge in [-0.2, -0.15) is 0 Å². The number of carbonyl (C=O) groups excluding carboxylic acids is 1. The summed E-state index contributed by atoms with van der Waals surface area (Å²) in [6.07, 6.45) is 5.20. The van der Waals surface area contributed by atoms with Crippen LogP contribution in [0.1, 0.15) is 31.2 Å². The van der Waals surface area contributed by atoms with Crippen LogP contribution in [-0.2, 0) is 11.2 Å². The molecule has 1 N–H and O–H groups in total. The molecule has 0 aromatic heterocycles. The van der Waals surface area contributed by atoms with E-state index in [9.17, 15) is 4.79 Å². The van der Waals surface area contributed by atoms with Crippen LogP contribution in [0.4, 0.5) is 0 Å². The number of fused-ring (bicyclic) bond motifs is 1. The van der Waals surface area contributed by atoms with Gasteiger partial charge in [0.15, 0.2) is 0 Å². The van der Waals surface area contributed by atoms with Crippen LogP contribution in [0.25, 0.3) is 0 Å². The van der Waals surface area contributed by atoms with E-state index in [-0.39, 0.29) is 0 Å². The third kappa shape index (κ3) is 3.21. The fourth-order valence-corrected chi connectivity index (χ4v) is 3.50. The van der Waals surface area contributed by atoms with Gasteiger partial charge in [-0.1, -0.05) is 30.3 Å². The molecule has 2 atom stereocenters. The molecule has 108 valence electrons. The first-order valence-corrected chi connectivity index (χ1v) is 7.88. The van der Waals surface area contributed by atoms with Crippen molar-refractivity contribution in [2.24, 2.45) is 5.92 Å². The summed E-state index contributed by atoms with van der Waals surface area (Å²) in [5.41, 5.74) is 1.33. The predicted molar refractivity (Wildman–Crippen MR) is 80.5 cm³/mol. The van der Waals surface area contributed by atoms with E-state index in [0.29, 0.717) is 24.3 Å². The zero-order valence-corrected chi connectivity index (χ0v) is 12.1. The van der Waals surface area contributed by atoms with E-state index < -0.39 is 0 Å². The number of likely N-dealkylation sites (tertiary alicyclic amines) is 1. The summed E-state index contributed by atoms with van der Waals surface area (Å²) < 4.78 is 0. The summed E-state index contributed by atoms with van der Waals surface area (Å²) in [5, 5.41) is 3.55. The first kappa shape index (κ1) is 13.6. The molecule has 1 amide bonds. The molecule has 2 fully saturated rings. The average Bonchev–Trinajstić information content (AvgIpc) is 2.92. The molecule has 0 spiro atoms. The highest BCUT2D eigenvalue weighted by Crippen LogP contribution is 2.25. The second-order valence-electron chi connectivity index (χ2n) is 6.10. The third-order valence-electron chi connectivity index (χ3n) is 4.65. The number of hydrogen-bond acceptors (Lipinski definition) is 2. The number of nitrogens with zero attached hydrogens (tertiary/aromatic N) is 1. The highest BCUT2D eigenvalue weighted by molar-refractivity contribution is 5.76. The quantitative estimate of drug-likeness (QED) is 0.911. The number of aryl methyl sites for hydroxylation is 1. The van der Waals surface area contributed by atoms with Gasteiger partial charge in [0, 0.05) is 25.6 Å². The fraction of sp³-hybridized carbons (Fsp3) is 0.588. The average molecular weight is 272 g/mol. The van der Waals surface area contributed by atoms with Gasteiger partial charge in [0.25, 0.3) is 0 Å². The lowest BCUT2D eigenvalue weighted by Gasteiger charge is -2.24. The topological polar surface area (TPSA) is 32.3 Å². The number of hydrogen-bond donors (Lipinski definition) is 1. The molecule has 0 bridgehead atoms. The molecule has 1 aromatic carbocycles. The number of amides is 1. The Kier molecular flexibility index (Phi) is 4.36. The number of carbonyl (C=O) groups is 1. The first-order valence-electron chi connectivity index (χ1n) is 7.88. The summed E-state index contributed by atoms with van der Waals surface area (Å²) in [6, 6.07) is 11.0. The molecule has 1 aromatic rings. The van der Waals surface area contributed by atoms with Crippen LogP contribution in [0.5, 0.6) is 0 Å². The molecule has 0 radical (unpaired) electrons. The lowest BCUT2D eigenvalue weighted by molar-refractivity contribution is -0.130. The van der Waals surface area contributed by atoms with Crippen molar-refractivity contribution in [1.82, 2.24) is 10.2 Å². The highest BCUT2D eigenvalue weighted by atomic mass is 16.2. The minimum Gasteiger partial charge on any atom is -0.341 e. The van der Waals surface area contributed by atoms with Crippen LogP contribution in [0, 0.1) is 5.92 Å². The van der Waals surface area contributed by atoms with Crippen molar-refractivity contribution >= 4 is 5.91 Å². The Bertz CT molecular complexity index is 432. The van der Waals surface area contributed by atoms with Gasteiger partial charge < -0.3 is 10.2 Å². The maximum atomic E-state index is 12.3. The first-order chi connectivity index (χ1) is 9.83. The van der Waals surface area contributed by atoms with Crippen LogP contribution in [0.15, 0.2) is 30.3 Å². The van der Waals surface area contributed by atoms with Crippen molar-refractivity contribution in [2.45, 2.75) is 38.1 Å². The van der Waals surface area contributed by atoms with E-state index in [1.807, 2.05) is 6.07 Å². The molecule has 3 rings (SSSR count). The van der Waals surface area contributed by atoms with Gasteiger partial charge in [0.1, 0.15) is 0 Å². The predicted octanol–water partition coefficient (Wildman–Crippen LogP) is 2.22. The van der Waals surface area contributed by atoms with E-state index >= 15 is 0 Å². The molecule has 3 heteroatoms. The van der Waals surface area contributed by atoms with Crippen molar-refractivity contribution in [1.29, 1.82) is 0 Å². The smallest absolute Gasteiger partial charge is 0.222 e. The second kappa shape index (κ2) is 6.40. The summed E-state index contributed by atoms with van der Waals surface area (Å²) in [6.45, 7) is 3.02. The van der Waals surface area contributed by atoms with Gasteiger partial charge in [-0.15, -0.1) is 0 Å². The lowest BCUT2D eigenvalue weighted by Crippen LogP contribution is -2.41.